The van der Waals surface area contributed by atoms with Crippen molar-refractivity contribution >= 4 is 0 Å². The molecule has 0 fully saturated rings. The molecule has 0 aliphatic rings. The van der Waals surface area contributed by atoms with Crippen LogP contribution in [0.4, 0.5) is 4.39 Å². The molecule has 0 bridgehead atoms. The third-order valence-corrected chi connectivity index (χ3v) is 1.94. The maximum Gasteiger partial charge on any atom is 0.101 e. The minimum absolute atomic E-state index is 0.0480. The van der Waals surface area contributed by atoms with Crippen molar-refractivity contribution in [3.8, 4) is 0 Å². The summed E-state index contributed by atoms with van der Waals surface area (Å²) in [6, 6.07) is 0. The average Bonchev–Trinajstić information content (AvgIpc) is 2.02. The molecular weight excluding hydrogens is 167 g/mol. The monoisotopic (exact) mass is 188 g/mol. The van der Waals surface area contributed by atoms with Crippen LogP contribution in [0, 0.1) is 0 Å². The van der Waals surface area contributed by atoms with Gasteiger partial charge in [-0.15, -0.1) is 0 Å². The van der Waals surface area contributed by atoms with E-state index in [-0.39, 0.29) is 6.17 Å². The van der Waals surface area contributed by atoms with Gasteiger partial charge in [0.1, 0.15) is 6.17 Å². The van der Waals surface area contributed by atoms with Gasteiger partial charge in [0.25, 0.3) is 0 Å². The van der Waals surface area contributed by atoms with Gasteiger partial charge >= 0.3 is 0 Å². The van der Waals surface area contributed by atoms with Crippen LogP contribution in [-0.4, -0.2) is 19.4 Å². The van der Waals surface area contributed by atoms with Crippen LogP contribution in [0.2, 0.25) is 0 Å². The van der Waals surface area contributed by atoms with Gasteiger partial charge in [0.05, 0.1) is 6.17 Å². The van der Waals surface area contributed by atoms with Crippen molar-refractivity contribution in [2.24, 2.45) is 5.73 Å². The second kappa shape index (κ2) is 7.04. The first-order valence-electron chi connectivity index (χ1n) is 4.78. The molecule has 0 amide bonds. The molecule has 3 N–H and O–H groups in total. The summed E-state index contributed by atoms with van der Waals surface area (Å²) in [5.41, 5.74) is 6.76. The molecular formula is C10H21FN2. The van der Waals surface area contributed by atoms with Crippen molar-refractivity contribution < 1.29 is 4.39 Å². The van der Waals surface area contributed by atoms with E-state index in [1.807, 2.05) is 14.0 Å². The maximum absolute atomic E-state index is 12.5. The number of halogens is 1. The lowest BCUT2D eigenvalue weighted by Crippen LogP contribution is -2.33. The zero-order valence-corrected chi connectivity index (χ0v) is 8.81. The molecule has 0 aromatic carbocycles. The quantitative estimate of drug-likeness (QED) is 0.494. The van der Waals surface area contributed by atoms with Crippen molar-refractivity contribution in [2.75, 3.05) is 7.05 Å². The summed E-state index contributed by atoms with van der Waals surface area (Å²) in [6.45, 7) is 3.54. The molecule has 0 aliphatic heterocycles. The number of rotatable bonds is 6. The summed E-state index contributed by atoms with van der Waals surface area (Å²) in [5, 5.41) is 2.95. The van der Waals surface area contributed by atoms with E-state index < -0.39 is 6.17 Å². The molecule has 0 heterocycles. The van der Waals surface area contributed by atoms with E-state index in [0.29, 0.717) is 6.42 Å². The number of allylic oxidation sites excluding steroid dienone is 2. The Morgan fingerprint density at radius 2 is 2.23 bits per heavy atom. The number of nitrogens with one attached hydrogen (secondary N) is 1. The van der Waals surface area contributed by atoms with Crippen molar-refractivity contribution in [1.29, 1.82) is 0 Å². The van der Waals surface area contributed by atoms with Gasteiger partial charge in [0, 0.05) is 0 Å². The summed E-state index contributed by atoms with van der Waals surface area (Å²) in [6.07, 6.45) is 3.72. The van der Waals surface area contributed by atoms with Gasteiger partial charge < -0.3 is 11.1 Å². The zero-order chi connectivity index (χ0) is 10.3. The normalized spacial score (nSPS) is 17.2. The zero-order valence-electron chi connectivity index (χ0n) is 8.81. The average molecular weight is 188 g/mol. The van der Waals surface area contributed by atoms with E-state index in [2.05, 4.69) is 11.4 Å². The summed E-state index contributed by atoms with van der Waals surface area (Å²) in [7, 11) is 1.84. The molecule has 13 heavy (non-hydrogen) atoms. The summed E-state index contributed by atoms with van der Waals surface area (Å²) in [5.74, 6) is 0. The van der Waals surface area contributed by atoms with Gasteiger partial charge in [-0.2, -0.15) is 0 Å². The SMILES string of the molecule is CNC(N)CC/C=C(/C)CC(C)F. The van der Waals surface area contributed by atoms with Crippen LogP contribution in [0.5, 0.6) is 0 Å². The fraction of sp³-hybridized carbons (Fsp3) is 0.800. The first-order chi connectivity index (χ1) is 6.06. The maximum atomic E-state index is 12.5. The number of nitrogens with two attached hydrogens (primary N) is 1. The van der Waals surface area contributed by atoms with Gasteiger partial charge in [-0.1, -0.05) is 11.6 Å². The Kier molecular flexibility index (Phi) is 6.82. The highest BCUT2D eigenvalue weighted by molar-refractivity contribution is 4.99. The van der Waals surface area contributed by atoms with Crippen molar-refractivity contribution in [1.82, 2.24) is 5.32 Å². The molecule has 0 saturated heterocycles. The van der Waals surface area contributed by atoms with Gasteiger partial charge in [0.15, 0.2) is 0 Å². The predicted molar refractivity (Wildman–Crippen MR) is 55.2 cm³/mol. The molecule has 2 nitrogen and oxygen atoms in total. The first-order valence-corrected chi connectivity index (χ1v) is 4.78. The smallest absolute Gasteiger partial charge is 0.101 e. The minimum atomic E-state index is -0.741. The number of alkyl halides is 1. The summed E-state index contributed by atoms with van der Waals surface area (Å²) < 4.78 is 12.5. The van der Waals surface area contributed by atoms with E-state index in [1.165, 1.54) is 0 Å². The highest BCUT2D eigenvalue weighted by Gasteiger charge is 1.99. The van der Waals surface area contributed by atoms with Crippen LogP contribution < -0.4 is 11.1 Å². The van der Waals surface area contributed by atoms with E-state index in [4.69, 9.17) is 5.73 Å². The topological polar surface area (TPSA) is 38.0 Å². The van der Waals surface area contributed by atoms with Gasteiger partial charge in [-0.3, -0.25) is 0 Å². The highest BCUT2D eigenvalue weighted by Crippen LogP contribution is 2.08. The van der Waals surface area contributed by atoms with Gasteiger partial charge in [-0.05, 0) is 40.2 Å². The molecule has 0 spiro atoms. The third-order valence-electron chi connectivity index (χ3n) is 1.94. The Bertz CT molecular complexity index is 155. The Hall–Kier alpha value is -0.410. The molecule has 0 aromatic rings. The minimum Gasteiger partial charge on any atom is -0.316 e. The van der Waals surface area contributed by atoms with E-state index in [9.17, 15) is 4.39 Å². The van der Waals surface area contributed by atoms with Crippen molar-refractivity contribution in [3.63, 3.8) is 0 Å². The van der Waals surface area contributed by atoms with Crippen LogP contribution in [-0.2, 0) is 0 Å². The Morgan fingerprint density at radius 1 is 1.62 bits per heavy atom. The molecule has 2 unspecified atom stereocenters. The second-order valence-electron chi connectivity index (χ2n) is 3.51. The highest BCUT2D eigenvalue weighted by atomic mass is 19.1. The van der Waals surface area contributed by atoms with E-state index in [1.54, 1.807) is 6.92 Å². The molecule has 0 aliphatic carbocycles. The van der Waals surface area contributed by atoms with Gasteiger partial charge in [-0.25, -0.2) is 4.39 Å². The molecule has 0 saturated carbocycles. The van der Waals surface area contributed by atoms with Crippen LogP contribution in [0.1, 0.15) is 33.1 Å². The Balaban J connectivity index is 3.58. The summed E-state index contributed by atoms with van der Waals surface area (Å²) in [4.78, 5) is 0. The Morgan fingerprint density at radius 3 is 2.69 bits per heavy atom. The van der Waals surface area contributed by atoms with Crippen molar-refractivity contribution in [2.45, 2.75) is 45.4 Å². The van der Waals surface area contributed by atoms with Crippen LogP contribution >= 0.6 is 0 Å². The fourth-order valence-corrected chi connectivity index (χ4v) is 1.18. The van der Waals surface area contributed by atoms with Crippen LogP contribution in [0.25, 0.3) is 0 Å². The Labute approximate surface area is 80.4 Å². The third kappa shape index (κ3) is 7.94. The van der Waals surface area contributed by atoms with Crippen molar-refractivity contribution in [3.05, 3.63) is 11.6 Å². The molecule has 3 heteroatoms. The molecule has 78 valence electrons. The lowest BCUT2D eigenvalue weighted by molar-refractivity contribution is 0.359. The standard InChI is InChI=1S/C10H21FN2/c1-8(7-9(2)11)5-4-6-10(12)13-3/h5,9-10,13H,4,6-7,12H2,1-3H3/b8-5-. The molecule has 0 radical (unpaired) electrons. The lowest BCUT2D eigenvalue weighted by atomic mass is 10.1. The van der Waals surface area contributed by atoms with E-state index >= 15 is 0 Å². The lowest BCUT2D eigenvalue weighted by Gasteiger charge is -2.08. The largest absolute Gasteiger partial charge is 0.316 e. The molecule has 2 atom stereocenters. The predicted octanol–water partition coefficient (Wildman–Crippen LogP) is 1.97. The fourth-order valence-electron chi connectivity index (χ4n) is 1.18. The molecule has 0 rings (SSSR count). The summed E-state index contributed by atoms with van der Waals surface area (Å²) >= 11 is 0. The first kappa shape index (κ1) is 12.6. The second-order valence-corrected chi connectivity index (χ2v) is 3.51. The molecule has 0 aromatic heterocycles. The van der Waals surface area contributed by atoms with Crippen LogP contribution in [0.3, 0.4) is 0 Å². The number of hydrogen-bond acceptors (Lipinski definition) is 2. The number of hydrogen-bond donors (Lipinski definition) is 2. The van der Waals surface area contributed by atoms with Gasteiger partial charge in [0.2, 0.25) is 0 Å². The van der Waals surface area contributed by atoms with E-state index in [0.717, 1.165) is 18.4 Å². The van der Waals surface area contributed by atoms with Crippen LogP contribution in [0.15, 0.2) is 11.6 Å².